The van der Waals surface area contributed by atoms with E-state index in [9.17, 15) is 53.1 Å². The lowest BCUT2D eigenvalue weighted by atomic mass is 9.97. The van der Waals surface area contributed by atoms with E-state index in [2.05, 4.69) is 31.9 Å². The molecule has 9 amide bonds. The molecule has 3 fully saturated rings. The van der Waals surface area contributed by atoms with Crippen LogP contribution in [0, 0.1) is 11.8 Å². The number of carboxylic acids is 1. The quantitative estimate of drug-likeness (QED) is 0.0531. The average Bonchev–Trinajstić information content (AvgIpc) is 4.00. The highest BCUT2D eigenvalue weighted by atomic mass is 16.4. The summed E-state index contributed by atoms with van der Waals surface area (Å²) >= 11 is 0. The third kappa shape index (κ3) is 13.9. The summed E-state index contributed by atoms with van der Waals surface area (Å²) in [5.74, 6) is -7.86. The van der Waals surface area contributed by atoms with E-state index in [0.717, 1.165) is 6.42 Å². The van der Waals surface area contributed by atoms with Gasteiger partial charge in [0.15, 0.2) is 0 Å². The van der Waals surface area contributed by atoms with Crippen LogP contribution in [0.25, 0.3) is 0 Å². The normalized spacial score (nSPS) is 21.4. The first-order valence-electron chi connectivity index (χ1n) is 20.5. The summed E-state index contributed by atoms with van der Waals surface area (Å²) in [5, 5.41) is 25.7. The highest BCUT2D eigenvalue weighted by Gasteiger charge is 2.41. The van der Waals surface area contributed by atoms with Gasteiger partial charge in [0.1, 0.15) is 36.3 Å². The van der Waals surface area contributed by atoms with Gasteiger partial charge in [-0.15, -0.1) is 0 Å². The van der Waals surface area contributed by atoms with Crippen molar-refractivity contribution in [3.63, 3.8) is 0 Å². The van der Waals surface area contributed by atoms with E-state index in [-0.39, 0.29) is 63.4 Å². The van der Waals surface area contributed by atoms with E-state index in [1.54, 1.807) is 27.7 Å². The number of primary amides is 2. The van der Waals surface area contributed by atoms with Gasteiger partial charge in [-0.1, -0.05) is 34.1 Å². The van der Waals surface area contributed by atoms with E-state index in [1.165, 1.54) is 9.80 Å². The van der Waals surface area contributed by atoms with Crippen LogP contribution in [0.15, 0.2) is 0 Å². The fraction of sp³-hybridized carbons (Fsp3) is 0.737. The van der Waals surface area contributed by atoms with Crippen molar-refractivity contribution >= 4 is 59.1 Å². The molecule has 8 atom stereocenters. The molecule has 0 aromatic carbocycles. The number of nitrogens with two attached hydrogens (primary N) is 2. The van der Waals surface area contributed by atoms with Gasteiger partial charge in [0.05, 0.1) is 12.6 Å². The zero-order chi connectivity index (χ0) is 44.0. The maximum atomic E-state index is 14.1. The summed E-state index contributed by atoms with van der Waals surface area (Å²) in [6.07, 6.45) is 2.33. The van der Waals surface area contributed by atoms with Crippen molar-refractivity contribution in [3.8, 4) is 0 Å². The number of rotatable bonds is 22. The van der Waals surface area contributed by atoms with Gasteiger partial charge in [-0.3, -0.25) is 43.2 Å². The minimum atomic E-state index is -1.39. The van der Waals surface area contributed by atoms with Crippen LogP contribution in [0.4, 0.5) is 0 Å². The van der Waals surface area contributed by atoms with Crippen LogP contribution in [0.5, 0.6) is 0 Å². The molecule has 0 bridgehead atoms. The number of hydrogen-bond acceptors (Lipinski definition) is 11. The van der Waals surface area contributed by atoms with Crippen molar-refractivity contribution in [2.75, 3.05) is 26.2 Å². The van der Waals surface area contributed by atoms with Gasteiger partial charge < -0.3 is 58.3 Å². The van der Waals surface area contributed by atoms with Crippen LogP contribution < -0.4 is 43.4 Å². The van der Waals surface area contributed by atoms with Crippen LogP contribution in [0.2, 0.25) is 0 Å². The van der Waals surface area contributed by atoms with Gasteiger partial charge in [0.25, 0.3) is 0 Å². The zero-order valence-corrected chi connectivity index (χ0v) is 34.4. The Hall–Kier alpha value is -5.34. The molecule has 3 aliphatic rings. The van der Waals surface area contributed by atoms with Gasteiger partial charge in [-0.05, 0) is 69.7 Å². The standard InChI is InChI=1S/C38H62N10O11/c1-5-21(4)31(35(55)42-19-29(51)47-17-7-10-25(47)33(53)44-24(38(58)59)13-15-28(40)50)46-34(54)26-11-8-18-48(26)37(57)23(12-14-27(39)49)43-36(56)30(20(2)3)45-32(52)22-9-6-16-41-22/h20-26,30-31,41H,5-19H2,1-4H3,(H2,39,49)(H2,40,50)(H,42,55)(H,43,56)(H,44,53)(H,45,52)(H,46,54)(H,58,59)/t21-,22-,23-,24-,25-,26-,30-,31-/m0/s1. The fourth-order valence-corrected chi connectivity index (χ4v) is 7.48. The Balaban J connectivity index is 1.68. The number of likely N-dealkylation sites (tertiary alicyclic amines) is 2. The first-order valence-corrected chi connectivity index (χ1v) is 20.5. The van der Waals surface area contributed by atoms with Gasteiger partial charge in [-0.2, -0.15) is 0 Å². The lowest BCUT2D eigenvalue weighted by Gasteiger charge is -2.32. The number of carboxylic acid groups (broad SMARTS) is 1. The molecule has 3 saturated heterocycles. The molecular weight excluding hydrogens is 772 g/mol. The van der Waals surface area contributed by atoms with Crippen molar-refractivity contribution < 1.29 is 53.1 Å². The summed E-state index contributed by atoms with van der Waals surface area (Å²) in [7, 11) is 0. The van der Waals surface area contributed by atoms with E-state index < -0.39 is 108 Å². The van der Waals surface area contributed by atoms with E-state index in [0.29, 0.717) is 32.2 Å². The number of carbonyl (C=O) groups excluding carboxylic acids is 9. The first kappa shape index (κ1) is 48.0. The van der Waals surface area contributed by atoms with Crippen LogP contribution >= 0.6 is 0 Å². The highest BCUT2D eigenvalue weighted by Crippen LogP contribution is 2.22. The molecule has 330 valence electrons. The third-order valence-electron chi connectivity index (χ3n) is 11.1. The monoisotopic (exact) mass is 834 g/mol. The first-order chi connectivity index (χ1) is 27.9. The third-order valence-corrected chi connectivity index (χ3v) is 11.1. The number of nitrogens with one attached hydrogen (secondary N) is 6. The van der Waals surface area contributed by atoms with Crippen LogP contribution in [0.3, 0.4) is 0 Å². The lowest BCUT2D eigenvalue weighted by molar-refractivity contribution is -0.144. The van der Waals surface area contributed by atoms with Crippen molar-refractivity contribution in [1.82, 2.24) is 41.7 Å². The highest BCUT2D eigenvalue weighted by molar-refractivity contribution is 5.97. The molecule has 21 heteroatoms. The molecule has 3 rings (SSSR count). The van der Waals surface area contributed by atoms with Crippen LogP contribution in [0.1, 0.15) is 98.3 Å². The zero-order valence-electron chi connectivity index (χ0n) is 34.4. The molecule has 0 aromatic heterocycles. The number of amides is 9. The molecular formula is C38H62N10O11. The molecule has 3 aliphatic heterocycles. The van der Waals surface area contributed by atoms with E-state index in [1.807, 2.05) is 0 Å². The van der Waals surface area contributed by atoms with Gasteiger partial charge >= 0.3 is 5.97 Å². The Morgan fingerprint density at radius 1 is 0.695 bits per heavy atom. The molecule has 0 aliphatic carbocycles. The van der Waals surface area contributed by atoms with Crippen molar-refractivity contribution in [1.29, 1.82) is 0 Å². The second-order valence-electron chi connectivity index (χ2n) is 15.9. The van der Waals surface area contributed by atoms with Gasteiger partial charge in [0.2, 0.25) is 53.2 Å². The topological polar surface area (TPSA) is 322 Å². The molecule has 0 unspecified atom stereocenters. The molecule has 0 aromatic rings. The Bertz CT molecular complexity index is 1590. The number of hydrogen-bond donors (Lipinski definition) is 9. The summed E-state index contributed by atoms with van der Waals surface area (Å²) in [6.45, 7) is 7.49. The van der Waals surface area contributed by atoms with Gasteiger partial charge in [0, 0.05) is 25.9 Å². The number of aliphatic carboxylic acids is 1. The Labute approximate surface area is 343 Å². The van der Waals surface area contributed by atoms with Crippen molar-refractivity contribution in [3.05, 3.63) is 0 Å². The molecule has 21 nitrogen and oxygen atoms in total. The molecule has 0 spiro atoms. The number of nitrogens with zero attached hydrogens (tertiary/aromatic N) is 2. The minimum Gasteiger partial charge on any atom is -0.480 e. The van der Waals surface area contributed by atoms with E-state index >= 15 is 0 Å². The second kappa shape index (κ2) is 22.7. The second-order valence-corrected chi connectivity index (χ2v) is 15.9. The summed E-state index contributed by atoms with van der Waals surface area (Å²) in [5.41, 5.74) is 10.5. The lowest BCUT2D eigenvalue weighted by Crippen LogP contribution is -2.60. The Morgan fingerprint density at radius 2 is 1.25 bits per heavy atom. The summed E-state index contributed by atoms with van der Waals surface area (Å²) in [4.78, 5) is 131. The average molecular weight is 835 g/mol. The maximum Gasteiger partial charge on any atom is 0.326 e. The number of carbonyl (C=O) groups is 10. The van der Waals surface area contributed by atoms with Crippen molar-refractivity contribution in [2.45, 2.75) is 141 Å². The SMILES string of the molecule is CC[C@H](C)[C@H](NC(=O)[C@@H]1CCCN1C(=O)[C@H](CCC(N)=O)NC(=O)[C@@H](NC(=O)[C@@H]1CCCN1)C(C)C)C(=O)NCC(=O)N1CCC[C@H]1C(=O)N[C@@H](CCC(N)=O)C(=O)O. The predicted octanol–water partition coefficient (Wildman–Crippen LogP) is -2.91. The maximum absolute atomic E-state index is 14.1. The minimum absolute atomic E-state index is 0.148. The van der Waals surface area contributed by atoms with Gasteiger partial charge in [-0.25, -0.2) is 4.79 Å². The summed E-state index contributed by atoms with van der Waals surface area (Å²) < 4.78 is 0. The van der Waals surface area contributed by atoms with E-state index in [4.69, 9.17) is 11.5 Å². The largest absolute Gasteiger partial charge is 0.480 e. The summed E-state index contributed by atoms with van der Waals surface area (Å²) in [6, 6.07) is -7.27. The molecule has 59 heavy (non-hydrogen) atoms. The van der Waals surface area contributed by atoms with Crippen LogP contribution in [-0.2, 0) is 47.9 Å². The van der Waals surface area contributed by atoms with Crippen molar-refractivity contribution in [2.24, 2.45) is 23.3 Å². The Kier molecular flexibility index (Phi) is 18.5. The van der Waals surface area contributed by atoms with Crippen LogP contribution in [-0.4, -0.2) is 143 Å². The predicted molar refractivity (Wildman–Crippen MR) is 210 cm³/mol. The smallest absolute Gasteiger partial charge is 0.326 e. The molecule has 0 saturated carbocycles. The Morgan fingerprint density at radius 3 is 1.80 bits per heavy atom. The fourth-order valence-electron chi connectivity index (χ4n) is 7.48. The molecule has 11 N–H and O–H groups in total. The molecule has 0 radical (unpaired) electrons. The molecule has 3 heterocycles.